The summed E-state index contributed by atoms with van der Waals surface area (Å²) < 4.78 is 78.0. The Morgan fingerprint density at radius 1 is 0.968 bits per heavy atom. The predicted molar refractivity (Wildman–Crippen MR) is 105 cm³/mol. The molecule has 2 heterocycles. The van der Waals surface area contributed by atoms with Gasteiger partial charge in [0.2, 0.25) is 0 Å². The Morgan fingerprint density at radius 3 is 2.23 bits per heavy atom. The van der Waals surface area contributed by atoms with E-state index in [1.165, 1.54) is 29.3 Å². The Kier molecular flexibility index (Phi) is 6.14. The van der Waals surface area contributed by atoms with Gasteiger partial charge in [-0.15, -0.1) is 0 Å². The molecule has 1 aromatic carbocycles. The predicted octanol–water partition coefficient (Wildman–Crippen LogP) is 5.02. The molecule has 2 aromatic rings. The zero-order chi connectivity index (χ0) is 22.8. The van der Waals surface area contributed by atoms with Gasteiger partial charge in [0.1, 0.15) is 11.6 Å². The van der Waals surface area contributed by atoms with E-state index in [9.17, 15) is 26.3 Å². The Hall–Kier alpha value is -3.24. The quantitative estimate of drug-likeness (QED) is 0.582. The lowest BCUT2D eigenvalue weighted by molar-refractivity contribution is -0.138. The number of nitrogens with two attached hydrogens (primary N) is 1. The fraction of sp³-hybridized carbons (Fsp3) is 0.300. The van der Waals surface area contributed by atoms with Gasteiger partial charge in [-0.25, -0.2) is 4.98 Å². The van der Waals surface area contributed by atoms with E-state index in [4.69, 9.17) is 11.1 Å². The molecule has 1 fully saturated rings. The fourth-order valence-corrected chi connectivity index (χ4v) is 3.26. The van der Waals surface area contributed by atoms with Crippen molar-refractivity contribution in [2.24, 2.45) is 5.73 Å². The molecular formula is C20H19F6N5. The largest absolute Gasteiger partial charge is 0.419 e. The van der Waals surface area contributed by atoms with Crippen molar-refractivity contribution in [3.05, 3.63) is 65.1 Å². The first-order chi connectivity index (χ1) is 14.5. The van der Waals surface area contributed by atoms with E-state index in [0.29, 0.717) is 11.3 Å². The molecule has 1 aliphatic heterocycles. The highest BCUT2D eigenvalue weighted by molar-refractivity contribution is 5.99. The smallest absolute Gasteiger partial charge is 0.385 e. The monoisotopic (exact) mass is 443 g/mol. The van der Waals surface area contributed by atoms with Crippen LogP contribution in [-0.4, -0.2) is 23.8 Å². The molecule has 3 rings (SSSR count). The van der Waals surface area contributed by atoms with Crippen LogP contribution < -0.4 is 16.0 Å². The normalized spacial score (nSPS) is 17.4. The van der Waals surface area contributed by atoms with Gasteiger partial charge in [0.25, 0.3) is 0 Å². The molecule has 0 atom stereocenters. The van der Waals surface area contributed by atoms with Crippen molar-refractivity contribution in [2.45, 2.75) is 25.2 Å². The van der Waals surface area contributed by atoms with E-state index in [1.807, 2.05) is 0 Å². The third-order valence-electron chi connectivity index (χ3n) is 4.84. The summed E-state index contributed by atoms with van der Waals surface area (Å²) in [5.74, 6) is -0.137. The Balaban J connectivity index is 1.79. The molecular weight excluding hydrogens is 424 g/mol. The molecule has 11 heteroatoms. The maximum atomic E-state index is 13.3. The van der Waals surface area contributed by atoms with E-state index in [-0.39, 0.29) is 43.3 Å². The van der Waals surface area contributed by atoms with Gasteiger partial charge in [-0.2, -0.15) is 26.3 Å². The number of halogens is 6. The summed E-state index contributed by atoms with van der Waals surface area (Å²) in [6.07, 6.45) is -7.44. The van der Waals surface area contributed by atoms with Crippen LogP contribution in [0.1, 0.15) is 24.0 Å². The maximum Gasteiger partial charge on any atom is 0.419 e. The van der Waals surface area contributed by atoms with Gasteiger partial charge in [0.15, 0.2) is 0 Å². The van der Waals surface area contributed by atoms with Crippen LogP contribution in [0.3, 0.4) is 0 Å². The third kappa shape index (κ3) is 5.28. The minimum atomic E-state index is -4.56. The lowest BCUT2D eigenvalue weighted by Crippen LogP contribution is -2.28. The van der Waals surface area contributed by atoms with Gasteiger partial charge in [-0.1, -0.05) is 0 Å². The Labute approximate surface area is 174 Å². The number of pyridine rings is 1. The van der Waals surface area contributed by atoms with Crippen LogP contribution in [0.5, 0.6) is 0 Å². The summed E-state index contributed by atoms with van der Waals surface area (Å²) >= 11 is 0. The van der Waals surface area contributed by atoms with Gasteiger partial charge in [-0.05, 0) is 42.8 Å². The second-order valence-electron chi connectivity index (χ2n) is 6.93. The fourth-order valence-electron chi connectivity index (χ4n) is 3.26. The first-order valence-corrected chi connectivity index (χ1v) is 9.24. The molecule has 4 N–H and O–H groups in total. The summed E-state index contributed by atoms with van der Waals surface area (Å²) in [6, 6.07) is 6.40. The SMILES string of the molecule is N=C1CCN(c2ncccc2C(F)(F)F)CC/C1=C(/N)Nc1ccc(C(F)(F)F)cc1. The first-order valence-electron chi connectivity index (χ1n) is 9.24. The highest BCUT2D eigenvalue weighted by Gasteiger charge is 2.36. The minimum Gasteiger partial charge on any atom is -0.385 e. The number of rotatable bonds is 3. The average molecular weight is 443 g/mol. The summed E-state index contributed by atoms with van der Waals surface area (Å²) in [5, 5.41) is 11.0. The first kappa shape index (κ1) is 22.4. The molecule has 1 aromatic heterocycles. The number of nitrogens with one attached hydrogen (secondary N) is 2. The number of anilines is 2. The Bertz CT molecular complexity index is 979. The molecule has 0 aliphatic carbocycles. The zero-order valence-electron chi connectivity index (χ0n) is 16.1. The minimum absolute atomic E-state index is 0.0728. The van der Waals surface area contributed by atoms with Crippen LogP contribution in [0, 0.1) is 5.41 Å². The molecule has 0 saturated carbocycles. The molecule has 0 spiro atoms. The molecule has 1 aliphatic rings. The zero-order valence-corrected chi connectivity index (χ0v) is 16.1. The van der Waals surface area contributed by atoms with E-state index in [1.54, 1.807) is 0 Å². The average Bonchev–Trinajstić information content (AvgIpc) is 2.89. The van der Waals surface area contributed by atoms with Crippen LogP contribution in [0.15, 0.2) is 54.0 Å². The van der Waals surface area contributed by atoms with Gasteiger partial charge in [0.05, 0.1) is 11.1 Å². The van der Waals surface area contributed by atoms with E-state index >= 15 is 0 Å². The van der Waals surface area contributed by atoms with Crippen molar-refractivity contribution in [3.8, 4) is 0 Å². The second kappa shape index (κ2) is 8.48. The number of benzene rings is 1. The highest BCUT2D eigenvalue weighted by atomic mass is 19.4. The van der Waals surface area contributed by atoms with Gasteiger partial charge in [-0.3, -0.25) is 0 Å². The van der Waals surface area contributed by atoms with Crippen LogP contribution >= 0.6 is 0 Å². The van der Waals surface area contributed by atoms with Crippen molar-refractivity contribution in [1.29, 1.82) is 5.41 Å². The van der Waals surface area contributed by atoms with E-state index < -0.39 is 23.5 Å². The molecule has 0 amide bonds. The summed E-state index contributed by atoms with van der Waals surface area (Å²) in [4.78, 5) is 5.34. The molecule has 0 bridgehead atoms. The van der Waals surface area contributed by atoms with Gasteiger partial charge in [0, 0.05) is 42.7 Å². The molecule has 5 nitrogen and oxygen atoms in total. The van der Waals surface area contributed by atoms with E-state index in [0.717, 1.165) is 18.2 Å². The second-order valence-corrected chi connectivity index (χ2v) is 6.93. The molecule has 166 valence electrons. The number of hydrogen-bond acceptors (Lipinski definition) is 5. The lowest BCUT2D eigenvalue weighted by atomic mass is 10.1. The number of aromatic nitrogens is 1. The van der Waals surface area contributed by atoms with Gasteiger partial charge >= 0.3 is 12.4 Å². The van der Waals surface area contributed by atoms with Crippen molar-refractivity contribution in [1.82, 2.24) is 4.98 Å². The van der Waals surface area contributed by atoms with Crippen molar-refractivity contribution in [3.63, 3.8) is 0 Å². The standard InChI is InChI=1S/C20H19F6N5/c21-19(22,23)12-3-5-13(6-4-12)30-17(28)14-7-10-31(11-8-16(14)27)18-15(20(24,25)26)2-1-9-29-18/h1-6,9,27,30H,7-8,10-11,28H2/b17-14+,27-16?. The lowest BCUT2D eigenvalue weighted by Gasteiger charge is -2.24. The van der Waals surface area contributed by atoms with Crippen molar-refractivity contribution >= 4 is 17.2 Å². The molecule has 0 unspecified atom stereocenters. The molecule has 31 heavy (non-hydrogen) atoms. The van der Waals surface area contributed by atoms with Gasteiger partial charge < -0.3 is 21.4 Å². The van der Waals surface area contributed by atoms with Crippen LogP contribution in [-0.2, 0) is 12.4 Å². The topological polar surface area (TPSA) is 78.0 Å². The van der Waals surface area contributed by atoms with Crippen molar-refractivity contribution < 1.29 is 26.3 Å². The summed E-state index contributed by atoms with van der Waals surface area (Å²) in [6.45, 7) is 0.295. The summed E-state index contributed by atoms with van der Waals surface area (Å²) in [5.41, 5.74) is 5.21. The summed E-state index contributed by atoms with van der Waals surface area (Å²) in [7, 11) is 0. The Morgan fingerprint density at radius 2 is 1.61 bits per heavy atom. The van der Waals surface area contributed by atoms with Crippen LogP contribution in [0.2, 0.25) is 0 Å². The number of nitrogens with zero attached hydrogens (tertiary/aromatic N) is 2. The van der Waals surface area contributed by atoms with Crippen LogP contribution in [0.25, 0.3) is 0 Å². The molecule has 0 radical (unpaired) electrons. The van der Waals surface area contributed by atoms with Crippen molar-refractivity contribution in [2.75, 3.05) is 23.3 Å². The maximum absolute atomic E-state index is 13.3. The van der Waals surface area contributed by atoms with Crippen LogP contribution in [0.4, 0.5) is 37.8 Å². The molecule has 1 saturated heterocycles. The number of alkyl halides is 6. The van der Waals surface area contributed by atoms with E-state index in [2.05, 4.69) is 10.3 Å². The number of hydrogen-bond donors (Lipinski definition) is 3. The highest BCUT2D eigenvalue weighted by Crippen LogP contribution is 2.36. The third-order valence-corrected chi connectivity index (χ3v) is 4.84.